The molecule has 0 fully saturated rings. The summed E-state index contributed by atoms with van der Waals surface area (Å²) < 4.78 is 26.6. The minimum absolute atomic E-state index is 0.226. The Kier molecular flexibility index (Phi) is 19.7. The van der Waals surface area contributed by atoms with Crippen molar-refractivity contribution in [3.63, 3.8) is 0 Å². The zero-order valence-electron chi connectivity index (χ0n) is 51.2. The van der Waals surface area contributed by atoms with Crippen LogP contribution in [0.2, 0.25) is 0 Å². The van der Waals surface area contributed by atoms with E-state index in [0.717, 1.165) is 127 Å². The second-order valence-electron chi connectivity index (χ2n) is 26.4. The molecule has 10 heteroatoms. The fourth-order valence-corrected chi connectivity index (χ4v) is 9.78. The van der Waals surface area contributed by atoms with Gasteiger partial charge in [-0.2, -0.15) is 0 Å². The van der Waals surface area contributed by atoms with Crippen LogP contribution in [0, 0.1) is 0 Å². The van der Waals surface area contributed by atoms with Crippen molar-refractivity contribution in [1.82, 2.24) is 9.80 Å². The predicted octanol–water partition coefficient (Wildman–Crippen LogP) is 13.8. The molecule has 7 rings (SSSR count). The number of hydrogen-bond donors (Lipinski definition) is 2. The van der Waals surface area contributed by atoms with Crippen molar-refractivity contribution < 1.29 is 29.2 Å². The van der Waals surface area contributed by atoms with E-state index in [0.29, 0.717) is 38.9 Å². The van der Waals surface area contributed by atoms with Crippen molar-refractivity contribution in [2.75, 3.05) is 80.8 Å². The van der Waals surface area contributed by atoms with E-state index in [1.54, 1.807) is 0 Å². The van der Waals surface area contributed by atoms with E-state index in [4.69, 9.17) is 18.9 Å². The van der Waals surface area contributed by atoms with Crippen molar-refractivity contribution in [2.24, 2.45) is 9.98 Å². The lowest BCUT2D eigenvalue weighted by atomic mass is 9.79. The fourth-order valence-electron chi connectivity index (χ4n) is 9.78. The fraction of sp³-hybridized carbons (Fsp3) is 0.457. The number of fused-ring (bicyclic) bond motifs is 8. The summed E-state index contributed by atoms with van der Waals surface area (Å²) in [5.74, 6) is 3.48. The molecule has 0 aromatic heterocycles. The minimum atomic E-state index is -0.235. The summed E-state index contributed by atoms with van der Waals surface area (Å²) in [6.07, 6.45) is 5.44. The number of hydrogen-bond acceptors (Lipinski definition) is 10. The highest BCUT2D eigenvalue weighted by molar-refractivity contribution is 5.80. The van der Waals surface area contributed by atoms with Gasteiger partial charge in [0.1, 0.15) is 60.9 Å². The van der Waals surface area contributed by atoms with Gasteiger partial charge >= 0.3 is 0 Å². The van der Waals surface area contributed by atoms with Crippen molar-refractivity contribution >= 4 is 12.4 Å². The smallest absolute Gasteiger partial charge is 0.126 e. The molecule has 8 bridgehead atoms. The van der Waals surface area contributed by atoms with Crippen molar-refractivity contribution in [1.29, 1.82) is 0 Å². The lowest BCUT2D eigenvalue weighted by Gasteiger charge is -2.28. The third-order valence-corrected chi connectivity index (χ3v) is 14.8. The molecule has 0 unspecified atom stereocenters. The number of phenols is 2. The molecule has 1 aliphatic carbocycles. The maximum absolute atomic E-state index is 12.8. The Morgan fingerprint density at radius 3 is 0.887 bits per heavy atom. The first-order chi connectivity index (χ1) is 37.6. The van der Waals surface area contributed by atoms with E-state index in [1.807, 2.05) is 89.2 Å². The molecule has 0 saturated heterocycles. The second-order valence-corrected chi connectivity index (χ2v) is 26.4. The van der Waals surface area contributed by atoms with Crippen molar-refractivity contribution in [3.8, 4) is 34.5 Å². The summed E-state index contributed by atoms with van der Waals surface area (Å²) in [7, 11) is 8.19. The molecule has 1 aliphatic rings. The van der Waals surface area contributed by atoms with Crippen LogP contribution in [0.4, 0.5) is 0 Å². The number of likely N-dealkylation sites (N-methyl/N-ethyl adjacent to an activating group) is 2. The molecule has 0 heterocycles. The number of phenolic OH excluding ortho intramolecular Hbond substituents is 2. The van der Waals surface area contributed by atoms with Crippen molar-refractivity contribution in [2.45, 2.75) is 130 Å². The largest absolute Gasteiger partial charge is 0.507 e. The monoisotopic (exact) mass is 1080 g/mol. The van der Waals surface area contributed by atoms with Crippen LogP contribution in [-0.2, 0) is 47.3 Å². The molecule has 0 saturated carbocycles. The van der Waals surface area contributed by atoms with Gasteiger partial charge < -0.3 is 39.0 Å². The molecule has 10 nitrogen and oxygen atoms in total. The molecule has 2 N–H and O–H groups in total. The molecular weight excluding hydrogens is 993 g/mol. The van der Waals surface area contributed by atoms with Gasteiger partial charge in [-0.1, -0.05) is 132 Å². The lowest BCUT2D eigenvalue weighted by Crippen LogP contribution is -2.18. The predicted molar refractivity (Wildman–Crippen MR) is 332 cm³/mol. The van der Waals surface area contributed by atoms with Gasteiger partial charge in [-0.05, 0) is 176 Å². The molecular formula is C70H92N4O6. The Hall–Kier alpha value is -6.62. The summed E-state index contributed by atoms with van der Waals surface area (Å²) in [5.41, 5.74) is 12.7. The average Bonchev–Trinajstić information content (AvgIpc) is 3.40. The highest BCUT2D eigenvalue weighted by Crippen LogP contribution is 2.44. The number of ether oxygens (including phenoxy) is 4. The number of benzene rings is 6. The first-order valence-electron chi connectivity index (χ1n) is 28.7. The summed E-state index contributed by atoms with van der Waals surface area (Å²) in [6, 6.07) is 33.7. The van der Waals surface area contributed by atoms with E-state index >= 15 is 0 Å². The van der Waals surface area contributed by atoms with Crippen LogP contribution in [0.5, 0.6) is 34.5 Å². The van der Waals surface area contributed by atoms with E-state index in [9.17, 15) is 10.2 Å². The quantitative estimate of drug-likeness (QED) is 0.0646. The molecule has 80 heavy (non-hydrogen) atoms. The molecule has 0 atom stereocenters. The maximum Gasteiger partial charge on any atom is 0.126 e. The van der Waals surface area contributed by atoms with Crippen molar-refractivity contribution in [3.05, 3.63) is 175 Å². The van der Waals surface area contributed by atoms with Gasteiger partial charge in [0.15, 0.2) is 0 Å². The Balaban J connectivity index is 1.33. The van der Waals surface area contributed by atoms with E-state index in [1.165, 1.54) is 0 Å². The van der Waals surface area contributed by atoms with Gasteiger partial charge in [-0.15, -0.1) is 0 Å². The van der Waals surface area contributed by atoms with Gasteiger partial charge in [0.05, 0.1) is 13.1 Å². The zero-order valence-corrected chi connectivity index (χ0v) is 51.2. The number of nitrogens with zero attached hydrogens (tertiary/aromatic N) is 4. The highest BCUT2D eigenvalue weighted by atomic mass is 16.5. The second kappa shape index (κ2) is 25.9. The lowest BCUT2D eigenvalue weighted by molar-refractivity contribution is 0.214. The van der Waals surface area contributed by atoms with Crippen LogP contribution in [0.15, 0.2) is 107 Å². The Morgan fingerprint density at radius 2 is 0.637 bits per heavy atom. The van der Waals surface area contributed by atoms with Crippen LogP contribution in [-0.4, -0.2) is 113 Å². The zero-order chi connectivity index (χ0) is 58.2. The summed E-state index contributed by atoms with van der Waals surface area (Å²) in [5, 5.41) is 25.6. The third kappa shape index (κ3) is 16.7. The molecule has 6 aromatic rings. The molecule has 0 radical (unpaired) electrons. The Bertz CT molecular complexity index is 2800. The highest BCUT2D eigenvalue weighted by Gasteiger charge is 2.29. The molecule has 0 spiro atoms. The normalized spacial score (nSPS) is 13.4. The van der Waals surface area contributed by atoms with Gasteiger partial charge in [0.2, 0.25) is 0 Å². The average molecular weight is 1090 g/mol. The first kappa shape index (κ1) is 61.0. The van der Waals surface area contributed by atoms with Gasteiger partial charge in [-0.25, -0.2) is 0 Å². The number of rotatable bonds is 18. The van der Waals surface area contributed by atoms with E-state index in [2.05, 4.69) is 151 Å². The minimum Gasteiger partial charge on any atom is -0.507 e. The SMILES string of the molecule is CN(C)CCN=Cc1ccc(OCCOc2c3cc(C(C)(C)C)cc2Cc2cc(C(C)(C)C)cc(c2O)Cc2cc(C(C)(C)C)cc(c2OCCOc2ccc(C=NCCN(C)C)cc2)Cc2cc(C(C)(C)C)cc(c2O)C3)cc1. The number of aliphatic imine (C=N–C) groups is 2. The van der Waals surface area contributed by atoms with Crippen LogP contribution in [0.1, 0.15) is 161 Å². The molecule has 0 amide bonds. The standard InChI is InChI=1S/C70H92N4O6/c1-67(2,3)57-37-49-33-53-41-59(69(7,8)9)43-55(65(53)79-31-29-77-61-21-17-47(18-22-61)45-71-25-27-73(13)14)35-51-39-58(68(4,5)6)40-52(64(51)76)36-56-44-60(70(10,11)12)42-54(34-50(38-57)63(49)75)66(56)80-32-30-78-62-23-19-48(20-24-62)46-72-26-28-74(15)16/h17-24,37-46,75-76H,25-36H2,1-16H3. The van der Waals surface area contributed by atoms with Gasteiger partial charge in [0, 0.05) is 51.2 Å². The summed E-state index contributed by atoms with van der Waals surface area (Å²) in [6.45, 7) is 31.2. The maximum atomic E-state index is 12.8. The summed E-state index contributed by atoms with van der Waals surface area (Å²) in [4.78, 5) is 13.4. The topological polar surface area (TPSA) is 109 Å². The molecule has 0 aliphatic heterocycles. The van der Waals surface area contributed by atoms with Crippen LogP contribution >= 0.6 is 0 Å². The first-order valence-corrected chi connectivity index (χ1v) is 28.7. The third-order valence-electron chi connectivity index (χ3n) is 14.8. The molecule has 6 aromatic carbocycles. The molecule has 428 valence electrons. The van der Waals surface area contributed by atoms with Crippen LogP contribution in [0.3, 0.4) is 0 Å². The summed E-state index contributed by atoms with van der Waals surface area (Å²) >= 11 is 0. The van der Waals surface area contributed by atoms with Crippen LogP contribution in [0.25, 0.3) is 0 Å². The Labute approximate surface area is 479 Å². The van der Waals surface area contributed by atoms with Crippen LogP contribution < -0.4 is 18.9 Å². The number of aromatic hydroxyl groups is 2. The van der Waals surface area contributed by atoms with Gasteiger partial charge in [0.25, 0.3) is 0 Å². The van der Waals surface area contributed by atoms with Gasteiger partial charge in [-0.3, -0.25) is 9.98 Å². The van der Waals surface area contributed by atoms with E-state index in [-0.39, 0.29) is 46.4 Å². The Morgan fingerprint density at radius 1 is 0.388 bits per heavy atom. The van der Waals surface area contributed by atoms with E-state index < -0.39 is 0 Å².